The Balaban J connectivity index is 4.41. The van der Waals surface area contributed by atoms with Gasteiger partial charge in [-0.05, 0) is 109 Å². The molecule has 0 aliphatic carbocycles. The van der Waals surface area contributed by atoms with E-state index in [2.05, 4.69) is 130 Å². The monoisotopic (exact) mass is 1040 g/mol. The first-order valence-electron chi connectivity index (χ1n) is 31.0. The van der Waals surface area contributed by atoms with E-state index in [0.717, 1.165) is 96.3 Å². The van der Waals surface area contributed by atoms with Gasteiger partial charge in [0.2, 0.25) is 0 Å². The lowest BCUT2D eigenvalue weighted by molar-refractivity contribution is -0.166. The number of ether oxygens (including phenoxy) is 3. The number of hydrogen-bond donors (Lipinski definition) is 0. The number of carbonyl (C=O) groups is 3. The van der Waals surface area contributed by atoms with Crippen molar-refractivity contribution >= 4 is 17.9 Å². The van der Waals surface area contributed by atoms with Crippen LogP contribution in [0.5, 0.6) is 0 Å². The Morgan fingerprint density at radius 3 is 0.947 bits per heavy atom. The molecule has 75 heavy (non-hydrogen) atoms. The predicted octanol–water partition coefficient (Wildman–Crippen LogP) is 21.2. The van der Waals surface area contributed by atoms with Crippen molar-refractivity contribution in [3.8, 4) is 0 Å². The summed E-state index contributed by atoms with van der Waals surface area (Å²) < 4.78 is 16.8. The smallest absolute Gasteiger partial charge is 0.309 e. The number of carbonyl (C=O) groups excluding carboxylic acids is 3. The van der Waals surface area contributed by atoms with Crippen molar-refractivity contribution in [1.82, 2.24) is 0 Å². The lowest BCUT2D eigenvalue weighted by Crippen LogP contribution is -2.30. The second-order valence-electron chi connectivity index (χ2n) is 20.2. The van der Waals surface area contributed by atoms with Crippen molar-refractivity contribution in [3.05, 3.63) is 122 Å². The van der Waals surface area contributed by atoms with Gasteiger partial charge in [0, 0.05) is 12.8 Å². The minimum Gasteiger partial charge on any atom is -0.462 e. The molecule has 0 N–H and O–H groups in total. The Hall–Kier alpha value is -4.19. The van der Waals surface area contributed by atoms with Crippen LogP contribution in [0.25, 0.3) is 0 Å². The van der Waals surface area contributed by atoms with Gasteiger partial charge in [0.15, 0.2) is 6.10 Å². The molecule has 0 aromatic rings. The van der Waals surface area contributed by atoms with Crippen LogP contribution in [0.2, 0.25) is 0 Å². The molecule has 0 aliphatic rings. The van der Waals surface area contributed by atoms with E-state index in [-0.39, 0.29) is 31.6 Å². The van der Waals surface area contributed by atoms with E-state index in [4.69, 9.17) is 14.2 Å². The molecule has 0 rings (SSSR count). The van der Waals surface area contributed by atoms with Gasteiger partial charge >= 0.3 is 17.9 Å². The fourth-order valence-electron chi connectivity index (χ4n) is 8.38. The molecule has 0 heterocycles. The molecular formula is C69H114O6. The molecule has 0 aliphatic heterocycles. The third-order valence-electron chi connectivity index (χ3n) is 13.0. The second kappa shape index (κ2) is 62.4. The molecule has 426 valence electrons. The van der Waals surface area contributed by atoms with Crippen molar-refractivity contribution in [2.75, 3.05) is 13.2 Å². The fourth-order valence-corrected chi connectivity index (χ4v) is 8.38. The molecule has 1 atom stereocenters. The highest BCUT2D eigenvalue weighted by molar-refractivity contribution is 5.72. The molecule has 0 fully saturated rings. The lowest BCUT2D eigenvalue weighted by atomic mass is 10.0. The summed E-state index contributed by atoms with van der Waals surface area (Å²) in [5, 5.41) is 0. The third-order valence-corrected chi connectivity index (χ3v) is 13.0. The third kappa shape index (κ3) is 60.6. The largest absolute Gasteiger partial charge is 0.462 e. The number of allylic oxidation sites excluding steroid dienone is 19. The van der Waals surface area contributed by atoms with Crippen LogP contribution in [0.15, 0.2) is 122 Å². The van der Waals surface area contributed by atoms with Gasteiger partial charge < -0.3 is 14.2 Å². The molecule has 0 spiro atoms. The molecule has 6 nitrogen and oxygen atoms in total. The Kier molecular flexibility index (Phi) is 58.9. The van der Waals surface area contributed by atoms with E-state index >= 15 is 0 Å². The molecule has 0 aromatic heterocycles. The first-order chi connectivity index (χ1) is 37.0. The number of unbranched alkanes of at least 4 members (excludes halogenated alkanes) is 25. The van der Waals surface area contributed by atoms with Crippen LogP contribution in [0.1, 0.15) is 278 Å². The summed E-state index contributed by atoms with van der Waals surface area (Å²) in [5.74, 6) is -1.05. The van der Waals surface area contributed by atoms with E-state index in [0.29, 0.717) is 12.8 Å². The SMILES string of the molecule is CC/C=C\C/C=C\C/C=C\C/C=C\C/C=C\CC(=O)OCC(COC(=O)CCCCCCCCCCCCCC/C=C\C/C=C\C/C=C\C/C=C\CC)OC(=O)CCCCCCCCC/C=C\CCCCCCCC. The maximum absolute atomic E-state index is 12.9. The van der Waals surface area contributed by atoms with Gasteiger partial charge in [-0.2, -0.15) is 0 Å². The van der Waals surface area contributed by atoms with Crippen molar-refractivity contribution < 1.29 is 28.6 Å². The topological polar surface area (TPSA) is 78.9 Å². The van der Waals surface area contributed by atoms with Crippen molar-refractivity contribution in [2.45, 2.75) is 284 Å². The van der Waals surface area contributed by atoms with Crippen LogP contribution >= 0.6 is 0 Å². The van der Waals surface area contributed by atoms with Crippen LogP contribution in [-0.2, 0) is 28.6 Å². The molecule has 0 saturated heterocycles. The van der Waals surface area contributed by atoms with Crippen molar-refractivity contribution in [3.63, 3.8) is 0 Å². The van der Waals surface area contributed by atoms with Crippen LogP contribution in [0.3, 0.4) is 0 Å². The molecular weight excluding hydrogens is 925 g/mol. The first kappa shape index (κ1) is 70.8. The molecule has 0 aromatic carbocycles. The van der Waals surface area contributed by atoms with E-state index < -0.39 is 12.1 Å². The summed E-state index contributed by atoms with van der Waals surface area (Å²) in [5.41, 5.74) is 0. The van der Waals surface area contributed by atoms with Crippen LogP contribution < -0.4 is 0 Å². The van der Waals surface area contributed by atoms with E-state index in [9.17, 15) is 14.4 Å². The Labute approximate surface area is 462 Å². The van der Waals surface area contributed by atoms with Gasteiger partial charge in [-0.15, -0.1) is 0 Å². The highest BCUT2D eigenvalue weighted by Gasteiger charge is 2.19. The zero-order valence-electron chi connectivity index (χ0n) is 48.8. The van der Waals surface area contributed by atoms with Gasteiger partial charge in [-0.25, -0.2) is 0 Å². The van der Waals surface area contributed by atoms with E-state index in [1.165, 1.54) is 141 Å². The molecule has 0 bridgehead atoms. The predicted molar refractivity (Wildman–Crippen MR) is 325 cm³/mol. The number of rotatable bonds is 55. The van der Waals surface area contributed by atoms with Gasteiger partial charge in [0.05, 0.1) is 6.42 Å². The first-order valence-corrected chi connectivity index (χ1v) is 31.0. The standard InChI is InChI=1S/C69H114O6/c1-4-7-10-13-16-19-22-25-28-30-31-32-33-34-35-36-37-39-41-44-47-50-53-56-59-62-68(71)74-65-66(64-73-67(70)61-58-55-52-49-46-43-40-27-24-21-18-15-12-9-6-3)75-69(72)63-60-57-54-51-48-45-42-38-29-26-23-20-17-14-11-8-5-2/h7,9-10,12,16,18-19,21,25-29,31-32,40,46,49,55,58,66H,4-6,8,11,13-15,17,20,22-24,30,33-39,41-45,47-48,50-54,56-57,59-65H2,1-3H3/b10-7-,12-9-,19-16-,21-18-,28-25-,29-26-,32-31-,40-27-,49-46-,58-55-. The van der Waals surface area contributed by atoms with Crippen molar-refractivity contribution in [1.29, 1.82) is 0 Å². The minimum absolute atomic E-state index is 0.112. The maximum atomic E-state index is 12.9. The van der Waals surface area contributed by atoms with Gasteiger partial charge in [0.1, 0.15) is 13.2 Å². The Morgan fingerprint density at radius 1 is 0.293 bits per heavy atom. The average Bonchev–Trinajstić information content (AvgIpc) is 3.41. The quantitative estimate of drug-likeness (QED) is 0.0261. The van der Waals surface area contributed by atoms with Gasteiger partial charge in [-0.3, -0.25) is 14.4 Å². The fraction of sp³-hybridized carbons (Fsp3) is 0.667. The van der Waals surface area contributed by atoms with E-state index in [1.54, 1.807) is 6.08 Å². The number of esters is 3. The molecule has 6 heteroatoms. The number of hydrogen-bond acceptors (Lipinski definition) is 6. The van der Waals surface area contributed by atoms with Gasteiger partial charge in [-0.1, -0.05) is 271 Å². The normalized spacial score (nSPS) is 12.9. The molecule has 0 radical (unpaired) electrons. The second-order valence-corrected chi connectivity index (χ2v) is 20.2. The zero-order chi connectivity index (χ0) is 54.3. The maximum Gasteiger partial charge on any atom is 0.309 e. The molecule has 0 saturated carbocycles. The summed E-state index contributed by atoms with van der Waals surface area (Å²) in [7, 11) is 0. The van der Waals surface area contributed by atoms with E-state index in [1.807, 2.05) is 6.08 Å². The van der Waals surface area contributed by atoms with Crippen molar-refractivity contribution in [2.24, 2.45) is 0 Å². The lowest BCUT2D eigenvalue weighted by Gasteiger charge is -2.18. The molecule has 1 unspecified atom stereocenters. The van der Waals surface area contributed by atoms with Crippen LogP contribution in [0.4, 0.5) is 0 Å². The van der Waals surface area contributed by atoms with Crippen LogP contribution in [-0.4, -0.2) is 37.2 Å². The highest BCUT2D eigenvalue weighted by Crippen LogP contribution is 2.15. The van der Waals surface area contributed by atoms with Gasteiger partial charge in [0.25, 0.3) is 0 Å². The average molecular weight is 1040 g/mol. The minimum atomic E-state index is -0.824. The Bertz CT molecular complexity index is 1570. The summed E-state index contributed by atoms with van der Waals surface area (Å²) in [4.78, 5) is 38.2. The summed E-state index contributed by atoms with van der Waals surface area (Å²) in [6, 6.07) is 0. The molecule has 0 amide bonds. The highest BCUT2D eigenvalue weighted by atomic mass is 16.6. The zero-order valence-corrected chi connectivity index (χ0v) is 48.8. The summed E-state index contributed by atoms with van der Waals surface area (Å²) in [6.45, 7) is 6.33. The summed E-state index contributed by atoms with van der Waals surface area (Å²) in [6.07, 6.45) is 86.5. The summed E-state index contributed by atoms with van der Waals surface area (Å²) >= 11 is 0. The van der Waals surface area contributed by atoms with Crippen LogP contribution in [0, 0.1) is 0 Å². The Morgan fingerprint density at radius 2 is 0.573 bits per heavy atom.